The number of urea groups is 1. The summed E-state index contributed by atoms with van der Waals surface area (Å²) in [6, 6.07) is 9.83. The second-order valence-corrected chi connectivity index (χ2v) is 6.80. The summed E-state index contributed by atoms with van der Waals surface area (Å²) in [5, 5.41) is 22.3. The van der Waals surface area contributed by atoms with E-state index in [9.17, 15) is 15.0 Å². The number of nitrogens with zero attached hydrogens (tertiary/aromatic N) is 1. The molecule has 1 aliphatic carbocycles. The van der Waals surface area contributed by atoms with E-state index in [2.05, 4.69) is 5.32 Å². The molecule has 5 heteroatoms. The van der Waals surface area contributed by atoms with Gasteiger partial charge in [-0.05, 0) is 24.8 Å². The van der Waals surface area contributed by atoms with E-state index in [1.54, 1.807) is 11.9 Å². The number of aliphatic hydroxyl groups is 2. The van der Waals surface area contributed by atoms with E-state index in [0.717, 1.165) is 31.2 Å². The molecule has 0 radical (unpaired) electrons. The Morgan fingerprint density at radius 1 is 1.29 bits per heavy atom. The zero-order chi connectivity index (χ0) is 17.4. The number of amides is 2. The monoisotopic (exact) mass is 334 g/mol. The first-order chi connectivity index (χ1) is 11.6. The van der Waals surface area contributed by atoms with Crippen LogP contribution in [0.3, 0.4) is 0 Å². The highest BCUT2D eigenvalue weighted by Crippen LogP contribution is 2.25. The van der Waals surface area contributed by atoms with Gasteiger partial charge < -0.3 is 20.4 Å². The van der Waals surface area contributed by atoms with Crippen molar-refractivity contribution >= 4 is 6.03 Å². The molecule has 1 fully saturated rings. The van der Waals surface area contributed by atoms with Crippen molar-refractivity contribution in [1.29, 1.82) is 0 Å². The van der Waals surface area contributed by atoms with E-state index in [1.807, 2.05) is 30.3 Å². The van der Waals surface area contributed by atoms with Crippen LogP contribution in [0.2, 0.25) is 0 Å². The number of carbonyl (C=O) groups is 1. The molecule has 134 valence electrons. The van der Waals surface area contributed by atoms with E-state index in [1.165, 1.54) is 0 Å². The van der Waals surface area contributed by atoms with E-state index < -0.39 is 0 Å². The minimum atomic E-state index is -0.291. The van der Waals surface area contributed by atoms with Gasteiger partial charge in [0, 0.05) is 38.6 Å². The molecule has 0 saturated heterocycles. The lowest BCUT2D eigenvalue weighted by Crippen LogP contribution is -2.44. The van der Waals surface area contributed by atoms with E-state index >= 15 is 0 Å². The summed E-state index contributed by atoms with van der Waals surface area (Å²) in [6.07, 6.45) is 4.36. The van der Waals surface area contributed by atoms with Crippen LogP contribution in [-0.2, 0) is 0 Å². The van der Waals surface area contributed by atoms with Gasteiger partial charge >= 0.3 is 6.03 Å². The van der Waals surface area contributed by atoms with Crippen LogP contribution in [-0.4, -0.2) is 54.0 Å². The van der Waals surface area contributed by atoms with Crippen molar-refractivity contribution in [1.82, 2.24) is 10.2 Å². The Balaban J connectivity index is 1.83. The van der Waals surface area contributed by atoms with Gasteiger partial charge in [0.25, 0.3) is 0 Å². The summed E-state index contributed by atoms with van der Waals surface area (Å²) in [6.45, 7) is 1.18. The Hall–Kier alpha value is -1.59. The lowest BCUT2D eigenvalue weighted by Gasteiger charge is -2.31. The van der Waals surface area contributed by atoms with Gasteiger partial charge in [-0.25, -0.2) is 4.79 Å². The topological polar surface area (TPSA) is 72.8 Å². The van der Waals surface area contributed by atoms with Gasteiger partial charge in [0.1, 0.15) is 0 Å². The maximum absolute atomic E-state index is 12.3. The maximum Gasteiger partial charge on any atom is 0.317 e. The van der Waals surface area contributed by atoms with Crippen molar-refractivity contribution in [2.24, 2.45) is 5.92 Å². The highest BCUT2D eigenvalue weighted by Gasteiger charge is 2.25. The summed E-state index contributed by atoms with van der Waals surface area (Å²) in [7, 11) is 1.78. The average Bonchev–Trinajstić information content (AvgIpc) is 2.61. The predicted octanol–water partition coefficient (Wildman–Crippen LogP) is 2.35. The third kappa shape index (κ3) is 5.49. The molecule has 1 aromatic carbocycles. The van der Waals surface area contributed by atoms with E-state index in [-0.39, 0.29) is 30.6 Å². The number of aliphatic hydroxyl groups excluding tert-OH is 2. The third-order valence-corrected chi connectivity index (χ3v) is 4.97. The van der Waals surface area contributed by atoms with Gasteiger partial charge in [0.2, 0.25) is 0 Å². The SMILES string of the molecule is CN(CC1CCCCC1O)C(=O)NCC(CCO)c1ccccc1. The molecule has 3 N–H and O–H groups in total. The van der Waals surface area contributed by atoms with Gasteiger partial charge in [-0.1, -0.05) is 43.2 Å². The van der Waals surface area contributed by atoms with Crippen LogP contribution in [0.25, 0.3) is 0 Å². The molecule has 3 unspecified atom stereocenters. The molecule has 0 bridgehead atoms. The summed E-state index contributed by atoms with van der Waals surface area (Å²) < 4.78 is 0. The Labute approximate surface area is 144 Å². The fourth-order valence-corrected chi connectivity index (χ4v) is 3.45. The Morgan fingerprint density at radius 3 is 2.67 bits per heavy atom. The van der Waals surface area contributed by atoms with Crippen molar-refractivity contribution in [2.45, 2.75) is 44.1 Å². The molecule has 2 amide bonds. The lowest BCUT2D eigenvalue weighted by molar-refractivity contribution is 0.0564. The van der Waals surface area contributed by atoms with Crippen LogP contribution >= 0.6 is 0 Å². The molecule has 1 saturated carbocycles. The van der Waals surface area contributed by atoms with Crippen molar-refractivity contribution < 1.29 is 15.0 Å². The average molecular weight is 334 g/mol. The van der Waals surface area contributed by atoms with Crippen LogP contribution in [0, 0.1) is 5.92 Å². The highest BCUT2D eigenvalue weighted by molar-refractivity contribution is 5.73. The molecule has 0 heterocycles. The number of carbonyl (C=O) groups excluding carboxylic acids is 1. The highest BCUT2D eigenvalue weighted by atomic mass is 16.3. The Bertz CT molecular complexity index is 495. The van der Waals surface area contributed by atoms with Crippen LogP contribution < -0.4 is 5.32 Å². The first-order valence-corrected chi connectivity index (χ1v) is 8.94. The van der Waals surface area contributed by atoms with E-state index in [4.69, 9.17) is 0 Å². The van der Waals surface area contributed by atoms with Crippen molar-refractivity contribution in [3.05, 3.63) is 35.9 Å². The number of rotatable bonds is 7. The smallest absolute Gasteiger partial charge is 0.317 e. The largest absolute Gasteiger partial charge is 0.396 e. The quantitative estimate of drug-likeness (QED) is 0.717. The van der Waals surface area contributed by atoms with Gasteiger partial charge in [-0.15, -0.1) is 0 Å². The third-order valence-electron chi connectivity index (χ3n) is 4.97. The number of hydrogen-bond donors (Lipinski definition) is 3. The van der Waals surface area contributed by atoms with Crippen LogP contribution in [0.15, 0.2) is 30.3 Å². The van der Waals surface area contributed by atoms with Crippen LogP contribution in [0.1, 0.15) is 43.6 Å². The summed E-state index contributed by atoms with van der Waals surface area (Å²) in [5.74, 6) is 0.283. The molecule has 0 aromatic heterocycles. The number of hydrogen-bond acceptors (Lipinski definition) is 3. The van der Waals surface area contributed by atoms with Gasteiger partial charge in [0.05, 0.1) is 6.10 Å². The minimum absolute atomic E-state index is 0.0968. The second kappa shape index (κ2) is 9.64. The Kier molecular flexibility index (Phi) is 7.53. The van der Waals surface area contributed by atoms with Gasteiger partial charge in [-0.3, -0.25) is 0 Å². The van der Waals surface area contributed by atoms with Crippen molar-refractivity contribution in [2.75, 3.05) is 26.7 Å². The molecule has 24 heavy (non-hydrogen) atoms. The number of nitrogens with one attached hydrogen (secondary N) is 1. The van der Waals surface area contributed by atoms with E-state index in [0.29, 0.717) is 19.5 Å². The fourth-order valence-electron chi connectivity index (χ4n) is 3.45. The fraction of sp³-hybridized carbons (Fsp3) is 0.632. The molecule has 1 aromatic rings. The molecular weight excluding hydrogens is 304 g/mol. The zero-order valence-electron chi connectivity index (χ0n) is 14.5. The molecule has 1 aliphatic rings. The standard InChI is InChI=1S/C19H30N2O3/c1-21(14-17-9-5-6-10-18(17)23)19(24)20-13-16(11-12-22)15-7-3-2-4-8-15/h2-4,7-8,16-18,22-23H,5-6,9-14H2,1H3,(H,20,24). The van der Waals surface area contributed by atoms with Gasteiger partial charge in [0.15, 0.2) is 0 Å². The zero-order valence-corrected chi connectivity index (χ0v) is 14.5. The van der Waals surface area contributed by atoms with Crippen molar-refractivity contribution in [3.63, 3.8) is 0 Å². The molecule has 0 spiro atoms. The van der Waals surface area contributed by atoms with Crippen LogP contribution in [0.4, 0.5) is 4.79 Å². The molecule has 3 atom stereocenters. The normalized spacial score (nSPS) is 22.0. The summed E-state index contributed by atoms with van der Waals surface area (Å²) in [5.41, 5.74) is 1.12. The summed E-state index contributed by atoms with van der Waals surface area (Å²) in [4.78, 5) is 14.0. The predicted molar refractivity (Wildman–Crippen MR) is 94.9 cm³/mol. The Morgan fingerprint density at radius 2 is 2.00 bits per heavy atom. The molecule has 5 nitrogen and oxygen atoms in total. The molecular formula is C19H30N2O3. The first-order valence-electron chi connectivity index (χ1n) is 8.94. The summed E-state index contributed by atoms with van der Waals surface area (Å²) >= 11 is 0. The minimum Gasteiger partial charge on any atom is -0.396 e. The first kappa shape index (κ1) is 18.7. The second-order valence-electron chi connectivity index (χ2n) is 6.80. The lowest BCUT2D eigenvalue weighted by atomic mass is 9.86. The van der Waals surface area contributed by atoms with Gasteiger partial charge in [-0.2, -0.15) is 0 Å². The van der Waals surface area contributed by atoms with Crippen LogP contribution in [0.5, 0.6) is 0 Å². The van der Waals surface area contributed by atoms with Crippen molar-refractivity contribution in [3.8, 4) is 0 Å². The number of benzene rings is 1. The maximum atomic E-state index is 12.3. The molecule has 2 rings (SSSR count). The molecule has 0 aliphatic heterocycles.